The number of amides is 1. The quantitative estimate of drug-likeness (QED) is 0.790. The van der Waals surface area contributed by atoms with Crippen molar-refractivity contribution in [3.05, 3.63) is 53.7 Å². The largest absolute Gasteiger partial charge is 0.493 e. The summed E-state index contributed by atoms with van der Waals surface area (Å²) in [5.41, 5.74) is 2.31. The van der Waals surface area contributed by atoms with Crippen LogP contribution in [0.5, 0.6) is 5.75 Å². The molecule has 24 heavy (non-hydrogen) atoms. The second kappa shape index (κ2) is 6.27. The second-order valence-electron chi connectivity index (χ2n) is 5.92. The summed E-state index contributed by atoms with van der Waals surface area (Å²) >= 11 is 0. The van der Waals surface area contributed by atoms with Gasteiger partial charge in [0.2, 0.25) is 0 Å². The topological polar surface area (TPSA) is 81.4 Å². The Labute approximate surface area is 138 Å². The molecule has 3 aromatic rings. The van der Waals surface area contributed by atoms with E-state index in [0.29, 0.717) is 30.3 Å². The molecule has 1 aliphatic rings. The van der Waals surface area contributed by atoms with Crippen molar-refractivity contribution in [2.45, 2.75) is 12.8 Å². The molecule has 7 nitrogen and oxygen atoms in total. The van der Waals surface area contributed by atoms with E-state index in [0.717, 1.165) is 18.6 Å². The summed E-state index contributed by atoms with van der Waals surface area (Å²) in [6.45, 7) is 1.29. The third-order valence-corrected chi connectivity index (χ3v) is 4.28. The SMILES string of the molecule is O=C(NC[C@@H]1CCOc2ccccc2C1)c1ccn2nnnc2c1. The number of aromatic nitrogens is 4. The number of hydrogen-bond acceptors (Lipinski definition) is 5. The van der Waals surface area contributed by atoms with Gasteiger partial charge in [-0.25, -0.2) is 4.52 Å². The van der Waals surface area contributed by atoms with Gasteiger partial charge in [0, 0.05) is 18.3 Å². The molecule has 0 unspecified atom stereocenters. The van der Waals surface area contributed by atoms with Gasteiger partial charge in [-0.3, -0.25) is 4.79 Å². The van der Waals surface area contributed by atoms with Crippen LogP contribution in [0.2, 0.25) is 0 Å². The highest BCUT2D eigenvalue weighted by molar-refractivity contribution is 5.94. The number of tetrazole rings is 1. The summed E-state index contributed by atoms with van der Waals surface area (Å²) in [4.78, 5) is 12.4. The lowest BCUT2D eigenvalue weighted by atomic mass is 9.97. The molecule has 1 atom stereocenters. The Bertz CT molecular complexity index is 876. The molecule has 0 bridgehead atoms. The van der Waals surface area contributed by atoms with Crippen molar-refractivity contribution in [2.75, 3.05) is 13.2 Å². The van der Waals surface area contributed by atoms with Crippen LogP contribution in [0.1, 0.15) is 22.3 Å². The molecule has 3 heterocycles. The number of nitrogens with one attached hydrogen (secondary N) is 1. The summed E-state index contributed by atoms with van der Waals surface area (Å²) in [5, 5.41) is 14.2. The van der Waals surface area contributed by atoms with Gasteiger partial charge in [-0.15, -0.1) is 5.10 Å². The van der Waals surface area contributed by atoms with Crippen LogP contribution in [-0.2, 0) is 6.42 Å². The molecule has 1 amide bonds. The number of rotatable bonds is 3. The minimum absolute atomic E-state index is 0.112. The zero-order valence-electron chi connectivity index (χ0n) is 13.1. The van der Waals surface area contributed by atoms with Gasteiger partial charge >= 0.3 is 0 Å². The van der Waals surface area contributed by atoms with Crippen LogP contribution < -0.4 is 10.1 Å². The van der Waals surface area contributed by atoms with Crippen molar-refractivity contribution < 1.29 is 9.53 Å². The van der Waals surface area contributed by atoms with Crippen molar-refractivity contribution in [3.63, 3.8) is 0 Å². The molecule has 0 spiro atoms. The van der Waals surface area contributed by atoms with Crippen LogP contribution in [0, 0.1) is 5.92 Å². The summed E-state index contributed by atoms with van der Waals surface area (Å²) in [7, 11) is 0. The van der Waals surface area contributed by atoms with Gasteiger partial charge in [0.15, 0.2) is 5.65 Å². The summed E-state index contributed by atoms with van der Waals surface area (Å²) in [5.74, 6) is 1.20. The first-order valence-corrected chi connectivity index (χ1v) is 7.96. The summed E-state index contributed by atoms with van der Waals surface area (Å²) < 4.78 is 7.30. The van der Waals surface area contributed by atoms with Gasteiger partial charge in [0.1, 0.15) is 5.75 Å². The Balaban J connectivity index is 1.41. The first kappa shape index (κ1) is 14.6. The summed E-state index contributed by atoms with van der Waals surface area (Å²) in [6.07, 6.45) is 3.51. The van der Waals surface area contributed by atoms with Crippen molar-refractivity contribution in [1.29, 1.82) is 0 Å². The predicted octanol–water partition coefficient (Wildman–Crippen LogP) is 1.50. The molecule has 0 aliphatic carbocycles. The monoisotopic (exact) mass is 323 g/mol. The number of fused-ring (bicyclic) bond motifs is 2. The Kier molecular flexibility index (Phi) is 3.82. The number of hydrogen-bond donors (Lipinski definition) is 1. The van der Waals surface area contributed by atoms with Crippen LogP contribution in [0.4, 0.5) is 0 Å². The van der Waals surface area contributed by atoms with E-state index in [1.807, 2.05) is 18.2 Å². The van der Waals surface area contributed by atoms with Crippen LogP contribution in [-0.4, -0.2) is 39.1 Å². The normalized spacial score (nSPS) is 16.9. The van der Waals surface area contributed by atoms with Gasteiger partial charge in [-0.1, -0.05) is 18.2 Å². The zero-order chi connectivity index (χ0) is 16.4. The number of nitrogens with zero attached hydrogens (tertiary/aromatic N) is 4. The smallest absolute Gasteiger partial charge is 0.251 e. The highest BCUT2D eigenvalue weighted by Gasteiger charge is 2.18. The van der Waals surface area contributed by atoms with E-state index in [1.54, 1.807) is 18.3 Å². The predicted molar refractivity (Wildman–Crippen MR) is 86.9 cm³/mol. The van der Waals surface area contributed by atoms with Crippen molar-refractivity contribution >= 4 is 11.6 Å². The number of pyridine rings is 1. The first-order chi connectivity index (χ1) is 11.8. The van der Waals surface area contributed by atoms with E-state index < -0.39 is 0 Å². The van der Waals surface area contributed by atoms with E-state index in [9.17, 15) is 4.79 Å². The highest BCUT2D eigenvalue weighted by atomic mass is 16.5. The van der Waals surface area contributed by atoms with E-state index in [-0.39, 0.29) is 5.91 Å². The van der Waals surface area contributed by atoms with Crippen LogP contribution in [0.15, 0.2) is 42.6 Å². The van der Waals surface area contributed by atoms with Gasteiger partial charge in [-0.2, -0.15) is 0 Å². The van der Waals surface area contributed by atoms with Gasteiger partial charge in [-0.05, 0) is 52.9 Å². The van der Waals surface area contributed by atoms with Crippen molar-refractivity contribution in [2.24, 2.45) is 5.92 Å². The molecule has 0 radical (unpaired) electrons. The molecule has 4 rings (SSSR count). The zero-order valence-corrected chi connectivity index (χ0v) is 13.1. The summed E-state index contributed by atoms with van der Waals surface area (Å²) in [6, 6.07) is 11.5. The molecule has 7 heteroatoms. The Hall–Kier alpha value is -2.96. The molecular formula is C17H17N5O2. The number of para-hydroxylation sites is 1. The lowest BCUT2D eigenvalue weighted by molar-refractivity contribution is 0.0945. The molecule has 122 valence electrons. The molecule has 0 fully saturated rings. The fraction of sp³-hybridized carbons (Fsp3) is 0.294. The maximum atomic E-state index is 12.4. The van der Waals surface area contributed by atoms with E-state index in [2.05, 4.69) is 26.9 Å². The average Bonchev–Trinajstić information content (AvgIpc) is 2.98. The molecule has 0 saturated carbocycles. The maximum Gasteiger partial charge on any atom is 0.251 e. The molecular weight excluding hydrogens is 306 g/mol. The van der Waals surface area contributed by atoms with Crippen LogP contribution >= 0.6 is 0 Å². The molecule has 1 aromatic carbocycles. The van der Waals surface area contributed by atoms with Gasteiger partial charge in [0.05, 0.1) is 6.61 Å². The molecule has 0 saturated heterocycles. The minimum atomic E-state index is -0.112. The van der Waals surface area contributed by atoms with E-state index in [4.69, 9.17) is 4.74 Å². The molecule has 2 aromatic heterocycles. The van der Waals surface area contributed by atoms with Gasteiger partial charge in [0.25, 0.3) is 5.91 Å². The number of carbonyl (C=O) groups is 1. The second-order valence-corrected chi connectivity index (χ2v) is 5.92. The van der Waals surface area contributed by atoms with Crippen LogP contribution in [0.25, 0.3) is 5.65 Å². The van der Waals surface area contributed by atoms with E-state index in [1.165, 1.54) is 10.1 Å². The maximum absolute atomic E-state index is 12.4. The lowest BCUT2D eigenvalue weighted by Crippen LogP contribution is -2.30. The van der Waals surface area contributed by atoms with Gasteiger partial charge < -0.3 is 10.1 Å². The van der Waals surface area contributed by atoms with Crippen molar-refractivity contribution in [3.8, 4) is 5.75 Å². The third-order valence-electron chi connectivity index (χ3n) is 4.28. The number of ether oxygens (including phenoxy) is 1. The number of carbonyl (C=O) groups excluding carboxylic acids is 1. The third kappa shape index (κ3) is 2.92. The fourth-order valence-corrected chi connectivity index (χ4v) is 2.96. The number of benzene rings is 1. The Morgan fingerprint density at radius 2 is 2.25 bits per heavy atom. The molecule has 1 aliphatic heterocycles. The minimum Gasteiger partial charge on any atom is -0.493 e. The highest BCUT2D eigenvalue weighted by Crippen LogP contribution is 2.26. The fourth-order valence-electron chi connectivity index (χ4n) is 2.96. The lowest BCUT2D eigenvalue weighted by Gasteiger charge is -2.14. The Morgan fingerprint density at radius 1 is 1.33 bits per heavy atom. The first-order valence-electron chi connectivity index (χ1n) is 7.96. The van der Waals surface area contributed by atoms with Crippen molar-refractivity contribution in [1.82, 2.24) is 25.4 Å². The Morgan fingerprint density at radius 3 is 3.21 bits per heavy atom. The van der Waals surface area contributed by atoms with E-state index >= 15 is 0 Å². The molecule has 1 N–H and O–H groups in total. The average molecular weight is 323 g/mol. The standard InChI is InChI=1S/C17H17N5O2/c23-17(14-5-7-22-16(10-14)19-20-21-22)18-11-12-6-8-24-15-4-2-1-3-13(15)9-12/h1-5,7,10,12H,6,8-9,11H2,(H,18,23)/t12-/m1/s1. The van der Waals surface area contributed by atoms with Crippen LogP contribution in [0.3, 0.4) is 0 Å².